The molecule has 25 heavy (non-hydrogen) atoms. The molecule has 0 aliphatic carbocycles. The summed E-state index contributed by atoms with van der Waals surface area (Å²) in [6, 6.07) is 19.3. The molecule has 3 atom stereocenters. The van der Waals surface area contributed by atoms with Crippen LogP contribution in [0.15, 0.2) is 60.7 Å². The van der Waals surface area contributed by atoms with Crippen LogP contribution in [0.1, 0.15) is 24.1 Å². The van der Waals surface area contributed by atoms with Crippen molar-refractivity contribution in [2.45, 2.75) is 25.6 Å². The minimum absolute atomic E-state index is 0.0746. The second-order valence-corrected chi connectivity index (χ2v) is 6.52. The molecule has 2 aromatic carbocycles. The van der Waals surface area contributed by atoms with Gasteiger partial charge < -0.3 is 0 Å². The number of carbonyl (C=O) groups excluding carboxylic acids is 2. The summed E-state index contributed by atoms with van der Waals surface area (Å²) in [6.45, 7) is 2.86. The third-order valence-electron chi connectivity index (χ3n) is 5.08. The van der Waals surface area contributed by atoms with Gasteiger partial charge in [0.1, 0.15) is 6.04 Å². The zero-order chi connectivity index (χ0) is 17.4. The molecular weight excluding hydrogens is 314 g/mol. The Morgan fingerprint density at radius 2 is 1.56 bits per heavy atom. The summed E-state index contributed by atoms with van der Waals surface area (Å²) in [5.74, 6) is -0.549. The second-order valence-electron chi connectivity index (χ2n) is 6.52. The third-order valence-corrected chi connectivity index (χ3v) is 5.08. The molecule has 0 spiro atoms. The number of nitrogens with zero attached hydrogens (tertiary/aromatic N) is 2. The smallest absolute Gasteiger partial charge is 0.248 e. The van der Waals surface area contributed by atoms with Crippen LogP contribution in [-0.2, 0) is 16.1 Å². The number of likely N-dealkylation sites (tertiary alicyclic amines) is 1. The zero-order valence-corrected chi connectivity index (χ0v) is 14.1. The van der Waals surface area contributed by atoms with Gasteiger partial charge in [-0.25, -0.2) is 10.4 Å². The van der Waals surface area contributed by atoms with Crippen molar-refractivity contribution >= 4 is 11.8 Å². The quantitative estimate of drug-likeness (QED) is 0.870. The van der Waals surface area contributed by atoms with E-state index in [1.54, 1.807) is 0 Å². The molecule has 2 fully saturated rings. The molecule has 2 amide bonds. The molecule has 2 heterocycles. The summed E-state index contributed by atoms with van der Waals surface area (Å²) in [5.41, 5.74) is 5.57. The van der Waals surface area contributed by atoms with Gasteiger partial charge in [-0.3, -0.25) is 14.5 Å². The number of rotatable bonds is 4. The number of nitrogens with one attached hydrogen (secondary N) is 1. The lowest BCUT2D eigenvalue weighted by atomic mass is 9.91. The van der Waals surface area contributed by atoms with E-state index >= 15 is 0 Å². The Labute approximate surface area is 147 Å². The van der Waals surface area contributed by atoms with Crippen LogP contribution in [0.5, 0.6) is 0 Å². The molecule has 0 saturated carbocycles. The Morgan fingerprint density at radius 1 is 0.920 bits per heavy atom. The third kappa shape index (κ3) is 2.65. The SMILES string of the molecule is CCN1C(=O)[C@H]2[C@H](c3ccccc3)NN(Cc3ccccc3)[C@H]2C1=O. The molecule has 2 aliphatic rings. The highest BCUT2D eigenvalue weighted by Crippen LogP contribution is 2.40. The van der Waals surface area contributed by atoms with Crippen LogP contribution in [0.3, 0.4) is 0 Å². The first kappa shape index (κ1) is 16.0. The number of hydrazine groups is 1. The summed E-state index contributed by atoms with van der Waals surface area (Å²) in [4.78, 5) is 27.1. The predicted octanol–water partition coefficient (Wildman–Crippen LogP) is 2.12. The van der Waals surface area contributed by atoms with E-state index in [2.05, 4.69) is 5.43 Å². The maximum Gasteiger partial charge on any atom is 0.248 e. The number of hydrogen-bond acceptors (Lipinski definition) is 4. The van der Waals surface area contributed by atoms with Gasteiger partial charge in [-0.1, -0.05) is 60.7 Å². The number of hydrogen-bond donors (Lipinski definition) is 1. The highest BCUT2D eigenvalue weighted by molar-refractivity contribution is 6.07. The first-order chi connectivity index (χ1) is 12.2. The van der Waals surface area contributed by atoms with Crippen LogP contribution in [0.4, 0.5) is 0 Å². The Morgan fingerprint density at radius 3 is 2.20 bits per heavy atom. The molecule has 0 bridgehead atoms. The van der Waals surface area contributed by atoms with E-state index in [0.29, 0.717) is 13.1 Å². The molecule has 0 unspecified atom stereocenters. The number of imide groups is 1. The molecule has 2 aromatic rings. The van der Waals surface area contributed by atoms with Crippen molar-refractivity contribution in [2.75, 3.05) is 6.54 Å². The maximum absolute atomic E-state index is 12.8. The summed E-state index contributed by atoms with van der Waals surface area (Å²) >= 11 is 0. The van der Waals surface area contributed by atoms with Crippen LogP contribution in [0, 0.1) is 5.92 Å². The van der Waals surface area contributed by atoms with Gasteiger partial charge in [0.05, 0.1) is 12.0 Å². The molecule has 0 radical (unpaired) electrons. The van der Waals surface area contributed by atoms with Crippen molar-refractivity contribution in [3.8, 4) is 0 Å². The van der Waals surface area contributed by atoms with Gasteiger partial charge in [0, 0.05) is 13.1 Å². The van der Waals surface area contributed by atoms with E-state index in [0.717, 1.165) is 11.1 Å². The molecular formula is C20H21N3O2. The lowest BCUT2D eigenvalue weighted by Crippen LogP contribution is -2.44. The number of amides is 2. The first-order valence-corrected chi connectivity index (χ1v) is 8.67. The molecule has 2 saturated heterocycles. The van der Waals surface area contributed by atoms with Crippen molar-refractivity contribution in [2.24, 2.45) is 5.92 Å². The van der Waals surface area contributed by atoms with E-state index in [4.69, 9.17) is 0 Å². The van der Waals surface area contributed by atoms with Gasteiger partial charge in [0.25, 0.3) is 0 Å². The predicted molar refractivity (Wildman–Crippen MR) is 94.0 cm³/mol. The fourth-order valence-corrected chi connectivity index (χ4v) is 3.91. The molecule has 5 heteroatoms. The fourth-order valence-electron chi connectivity index (χ4n) is 3.91. The van der Waals surface area contributed by atoms with Gasteiger partial charge in [0.2, 0.25) is 11.8 Å². The lowest BCUT2D eigenvalue weighted by molar-refractivity contribution is -0.141. The van der Waals surface area contributed by atoms with Crippen LogP contribution < -0.4 is 5.43 Å². The molecule has 1 N–H and O–H groups in total. The van der Waals surface area contributed by atoms with Crippen molar-refractivity contribution in [3.63, 3.8) is 0 Å². The number of benzene rings is 2. The fraction of sp³-hybridized carbons (Fsp3) is 0.300. The summed E-state index contributed by atoms with van der Waals surface area (Å²) < 4.78 is 0. The topological polar surface area (TPSA) is 52.7 Å². The summed E-state index contributed by atoms with van der Waals surface area (Å²) in [5, 5.41) is 1.94. The normalized spacial score (nSPS) is 26.3. The standard InChI is InChI=1S/C20H21N3O2/c1-2-22-19(24)16-17(15-11-7-4-8-12-15)21-23(18(16)20(22)25)13-14-9-5-3-6-10-14/h3-12,16-18,21H,2,13H2,1H3/t16-,17-,18+/m0/s1. The Balaban J connectivity index is 1.69. The van der Waals surface area contributed by atoms with E-state index in [1.807, 2.05) is 72.6 Å². The van der Waals surface area contributed by atoms with Crippen LogP contribution >= 0.6 is 0 Å². The highest BCUT2D eigenvalue weighted by atomic mass is 16.2. The van der Waals surface area contributed by atoms with Crippen molar-refractivity contribution in [3.05, 3.63) is 71.8 Å². The lowest BCUT2D eigenvalue weighted by Gasteiger charge is -2.24. The molecule has 4 rings (SSSR count). The van der Waals surface area contributed by atoms with E-state index < -0.39 is 6.04 Å². The van der Waals surface area contributed by atoms with Gasteiger partial charge in [-0.2, -0.15) is 0 Å². The van der Waals surface area contributed by atoms with E-state index in [9.17, 15) is 9.59 Å². The van der Waals surface area contributed by atoms with Gasteiger partial charge in [-0.15, -0.1) is 0 Å². The van der Waals surface area contributed by atoms with E-state index in [1.165, 1.54) is 4.90 Å². The zero-order valence-electron chi connectivity index (χ0n) is 14.1. The molecule has 2 aliphatic heterocycles. The first-order valence-electron chi connectivity index (χ1n) is 8.67. The van der Waals surface area contributed by atoms with Crippen LogP contribution in [-0.4, -0.2) is 34.3 Å². The van der Waals surface area contributed by atoms with Crippen LogP contribution in [0.25, 0.3) is 0 Å². The highest BCUT2D eigenvalue weighted by Gasteiger charge is 2.57. The van der Waals surface area contributed by atoms with Gasteiger partial charge >= 0.3 is 0 Å². The Bertz CT molecular complexity index is 778. The minimum atomic E-state index is -0.446. The largest absolute Gasteiger partial charge is 0.281 e. The van der Waals surface area contributed by atoms with E-state index in [-0.39, 0.29) is 23.8 Å². The second kappa shape index (κ2) is 6.43. The summed E-state index contributed by atoms with van der Waals surface area (Å²) in [6.07, 6.45) is 0. The Kier molecular flexibility index (Phi) is 4.11. The van der Waals surface area contributed by atoms with Crippen molar-refractivity contribution < 1.29 is 9.59 Å². The minimum Gasteiger partial charge on any atom is -0.281 e. The Hall–Kier alpha value is -2.50. The van der Waals surface area contributed by atoms with Crippen LogP contribution in [0.2, 0.25) is 0 Å². The number of likely N-dealkylation sites (N-methyl/N-ethyl adjacent to an activating group) is 1. The average Bonchev–Trinajstić information content (AvgIpc) is 3.14. The number of carbonyl (C=O) groups is 2. The molecule has 128 valence electrons. The maximum atomic E-state index is 12.8. The van der Waals surface area contributed by atoms with Gasteiger partial charge in [-0.05, 0) is 18.1 Å². The monoisotopic (exact) mass is 335 g/mol. The number of fused-ring (bicyclic) bond motifs is 1. The van der Waals surface area contributed by atoms with Crippen molar-refractivity contribution in [1.82, 2.24) is 15.3 Å². The molecule has 0 aromatic heterocycles. The van der Waals surface area contributed by atoms with Crippen molar-refractivity contribution in [1.29, 1.82) is 0 Å². The average molecular weight is 335 g/mol. The van der Waals surface area contributed by atoms with Gasteiger partial charge in [0.15, 0.2) is 0 Å². The molecule has 5 nitrogen and oxygen atoms in total. The summed E-state index contributed by atoms with van der Waals surface area (Å²) in [7, 11) is 0.